The van der Waals surface area contributed by atoms with Gasteiger partial charge in [0, 0.05) is 39.0 Å². The molecular weight excluding hydrogens is 351 g/mol. The van der Waals surface area contributed by atoms with Crippen LogP contribution in [0.15, 0.2) is 34.3 Å². The maximum Gasteiger partial charge on any atom is 0.270 e. The number of sulfonamides is 1. The van der Waals surface area contributed by atoms with Crippen LogP contribution in [-0.4, -0.2) is 61.3 Å². The summed E-state index contributed by atoms with van der Waals surface area (Å²) < 4.78 is 40.0. The minimum absolute atomic E-state index is 0.0715. The molecule has 1 aromatic rings. The number of nitrogens with one attached hydrogen (secondary N) is 1. The number of carbonyl (C=O) groups is 2. The molecule has 0 bridgehead atoms. The molecule has 134 valence electrons. The number of piperazine rings is 1. The first kappa shape index (κ1) is 17.5. The number of hydrogen-bond acceptors (Lipinski definition) is 5. The lowest BCUT2D eigenvalue weighted by Gasteiger charge is -2.34. The standard InChI is InChI=1S/C15H17FN4O4S/c16-11-3-1-2-4-13(11)25(23,24)20-9-7-19(8-10-20)15(22)12-5-6-14(21)18-17-12/h1-4H,5-10H2,(H,18,21). The van der Waals surface area contributed by atoms with Gasteiger partial charge < -0.3 is 4.90 Å². The van der Waals surface area contributed by atoms with Crippen molar-refractivity contribution < 1.29 is 22.4 Å². The maximum atomic E-state index is 13.8. The smallest absolute Gasteiger partial charge is 0.270 e. The van der Waals surface area contributed by atoms with Gasteiger partial charge in [-0.15, -0.1) is 0 Å². The maximum absolute atomic E-state index is 13.8. The predicted molar refractivity (Wildman–Crippen MR) is 86.6 cm³/mol. The summed E-state index contributed by atoms with van der Waals surface area (Å²) in [6.07, 6.45) is 0.463. The SMILES string of the molecule is O=C1CCC(C(=O)N2CCN(S(=O)(=O)c3ccccc3F)CC2)=NN1. The number of amides is 2. The lowest BCUT2D eigenvalue weighted by atomic mass is 10.1. The van der Waals surface area contributed by atoms with E-state index in [1.54, 1.807) is 0 Å². The van der Waals surface area contributed by atoms with E-state index in [9.17, 15) is 22.4 Å². The highest BCUT2D eigenvalue weighted by Gasteiger charge is 2.33. The molecule has 0 atom stereocenters. The normalized spacial score (nSPS) is 19.3. The molecule has 0 spiro atoms. The van der Waals surface area contributed by atoms with E-state index in [1.807, 2.05) is 0 Å². The monoisotopic (exact) mass is 368 g/mol. The second-order valence-electron chi connectivity index (χ2n) is 5.72. The molecule has 2 aliphatic rings. The van der Waals surface area contributed by atoms with Gasteiger partial charge in [0.25, 0.3) is 5.91 Å². The van der Waals surface area contributed by atoms with Crippen LogP contribution >= 0.6 is 0 Å². The Morgan fingerprint density at radius 2 is 1.80 bits per heavy atom. The molecule has 10 heteroatoms. The quantitative estimate of drug-likeness (QED) is 0.807. The summed E-state index contributed by atoms with van der Waals surface area (Å²) in [4.78, 5) is 24.6. The zero-order chi connectivity index (χ0) is 18.0. The number of nitrogens with zero attached hydrogens (tertiary/aromatic N) is 3. The Kier molecular flexibility index (Phi) is 4.82. The van der Waals surface area contributed by atoms with Gasteiger partial charge in [-0.05, 0) is 12.1 Å². The van der Waals surface area contributed by atoms with Gasteiger partial charge in [0.2, 0.25) is 15.9 Å². The van der Waals surface area contributed by atoms with Crippen LogP contribution in [0, 0.1) is 5.82 Å². The van der Waals surface area contributed by atoms with Gasteiger partial charge >= 0.3 is 0 Å². The third kappa shape index (κ3) is 3.54. The van der Waals surface area contributed by atoms with Crippen LogP contribution in [0.4, 0.5) is 4.39 Å². The van der Waals surface area contributed by atoms with Gasteiger partial charge in [0.1, 0.15) is 16.4 Å². The fourth-order valence-corrected chi connectivity index (χ4v) is 4.22. The van der Waals surface area contributed by atoms with Crippen molar-refractivity contribution in [2.24, 2.45) is 5.10 Å². The molecule has 1 fully saturated rings. The molecule has 2 heterocycles. The van der Waals surface area contributed by atoms with E-state index in [2.05, 4.69) is 10.5 Å². The average molecular weight is 368 g/mol. The molecule has 8 nitrogen and oxygen atoms in total. The van der Waals surface area contributed by atoms with E-state index >= 15 is 0 Å². The van der Waals surface area contributed by atoms with E-state index in [0.29, 0.717) is 0 Å². The molecular formula is C15H17FN4O4S. The van der Waals surface area contributed by atoms with Crippen LogP contribution in [0.2, 0.25) is 0 Å². The fraction of sp³-hybridized carbons (Fsp3) is 0.400. The Labute approximate surface area is 144 Å². The van der Waals surface area contributed by atoms with Crippen molar-refractivity contribution in [2.45, 2.75) is 17.7 Å². The summed E-state index contributed by atoms with van der Waals surface area (Å²) in [7, 11) is -3.94. The molecule has 0 aliphatic carbocycles. The number of halogens is 1. The van der Waals surface area contributed by atoms with Crippen molar-refractivity contribution in [3.8, 4) is 0 Å². The Balaban J connectivity index is 1.67. The van der Waals surface area contributed by atoms with Gasteiger partial charge in [-0.25, -0.2) is 18.2 Å². The summed E-state index contributed by atoms with van der Waals surface area (Å²) >= 11 is 0. The van der Waals surface area contributed by atoms with Crippen molar-refractivity contribution in [1.82, 2.24) is 14.6 Å². The van der Waals surface area contributed by atoms with E-state index < -0.39 is 15.8 Å². The second kappa shape index (κ2) is 6.89. The van der Waals surface area contributed by atoms with E-state index in [0.717, 1.165) is 6.07 Å². The summed E-state index contributed by atoms with van der Waals surface area (Å²) in [5.74, 6) is -1.35. The Morgan fingerprint density at radius 1 is 1.12 bits per heavy atom. The molecule has 2 amide bonds. The fourth-order valence-electron chi connectivity index (χ4n) is 2.74. The van der Waals surface area contributed by atoms with Crippen LogP contribution in [-0.2, 0) is 19.6 Å². The minimum Gasteiger partial charge on any atom is -0.335 e. The van der Waals surface area contributed by atoms with Gasteiger partial charge in [-0.1, -0.05) is 12.1 Å². The van der Waals surface area contributed by atoms with Crippen LogP contribution in [0.25, 0.3) is 0 Å². The van der Waals surface area contributed by atoms with Gasteiger partial charge in [-0.2, -0.15) is 9.41 Å². The Morgan fingerprint density at radius 3 is 2.40 bits per heavy atom. The van der Waals surface area contributed by atoms with E-state index in [-0.39, 0.29) is 61.4 Å². The molecule has 0 aromatic heterocycles. The van der Waals surface area contributed by atoms with Crippen molar-refractivity contribution in [3.05, 3.63) is 30.1 Å². The lowest BCUT2D eigenvalue weighted by Crippen LogP contribution is -2.52. The van der Waals surface area contributed by atoms with Crippen LogP contribution in [0.1, 0.15) is 12.8 Å². The zero-order valence-electron chi connectivity index (χ0n) is 13.3. The molecule has 3 rings (SSSR count). The van der Waals surface area contributed by atoms with Gasteiger partial charge in [-0.3, -0.25) is 9.59 Å². The average Bonchev–Trinajstić information content (AvgIpc) is 2.62. The first-order valence-electron chi connectivity index (χ1n) is 7.79. The zero-order valence-corrected chi connectivity index (χ0v) is 14.1. The molecule has 1 saturated heterocycles. The number of carbonyl (C=O) groups excluding carboxylic acids is 2. The molecule has 1 aromatic carbocycles. The van der Waals surface area contributed by atoms with Crippen LogP contribution in [0.3, 0.4) is 0 Å². The number of benzene rings is 1. The molecule has 0 unspecified atom stereocenters. The van der Waals surface area contributed by atoms with Gasteiger partial charge in [0.05, 0.1) is 0 Å². The third-order valence-electron chi connectivity index (χ3n) is 4.13. The summed E-state index contributed by atoms with van der Waals surface area (Å²) in [5, 5.41) is 3.76. The molecule has 0 radical (unpaired) electrons. The highest BCUT2D eigenvalue weighted by molar-refractivity contribution is 7.89. The van der Waals surface area contributed by atoms with Gasteiger partial charge in [0.15, 0.2) is 0 Å². The number of hydrazone groups is 1. The first-order valence-corrected chi connectivity index (χ1v) is 9.23. The van der Waals surface area contributed by atoms with Crippen LogP contribution in [0.5, 0.6) is 0 Å². The lowest BCUT2D eigenvalue weighted by molar-refractivity contribution is -0.125. The van der Waals surface area contributed by atoms with E-state index in [1.165, 1.54) is 27.4 Å². The Hall–Kier alpha value is -2.33. The van der Waals surface area contributed by atoms with Crippen LogP contribution < -0.4 is 5.43 Å². The summed E-state index contributed by atoms with van der Waals surface area (Å²) in [6.45, 7) is 0.503. The summed E-state index contributed by atoms with van der Waals surface area (Å²) in [6, 6.07) is 5.21. The molecule has 1 N–H and O–H groups in total. The topological polar surface area (TPSA) is 99.2 Å². The highest BCUT2D eigenvalue weighted by Crippen LogP contribution is 2.20. The second-order valence-corrected chi connectivity index (χ2v) is 7.63. The molecule has 25 heavy (non-hydrogen) atoms. The summed E-state index contributed by atoms with van der Waals surface area (Å²) in [5.41, 5.74) is 2.52. The molecule has 2 aliphatic heterocycles. The highest BCUT2D eigenvalue weighted by atomic mass is 32.2. The number of rotatable bonds is 3. The van der Waals surface area contributed by atoms with Crippen molar-refractivity contribution in [1.29, 1.82) is 0 Å². The largest absolute Gasteiger partial charge is 0.335 e. The predicted octanol–water partition coefficient (Wildman–Crippen LogP) is -0.0754. The van der Waals surface area contributed by atoms with Crippen molar-refractivity contribution in [2.75, 3.05) is 26.2 Å². The third-order valence-corrected chi connectivity index (χ3v) is 6.06. The number of hydrogen-bond donors (Lipinski definition) is 1. The minimum atomic E-state index is -3.94. The first-order chi connectivity index (χ1) is 11.9. The Bertz CT molecular complexity index is 832. The van der Waals surface area contributed by atoms with E-state index in [4.69, 9.17) is 0 Å². The molecule has 0 saturated carbocycles. The van der Waals surface area contributed by atoms with Crippen molar-refractivity contribution in [3.63, 3.8) is 0 Å². The van der Waals surface area contributed by atoms with Crippen molar-refractivity contribution >= 4 is 27.5 Å².